The average molecular weight is 274 g/mol. The second-order valence-electron chi connectivity index (χ2n) is 6.11. The molecule has 0 spiro atoms. The molecule has 0 aliphatic carbocycles. The number of likely N-dealkylation sites (tertiary alicyclic amines) is 1. The van der Waals surface area contributed by atoms with E-state index >= 15 is 0 Å². The van der Waals surface area contributed by atoms with Gasteiger partial charge < -0.3 is 14.5 Å². The van der Waals surface area contributed by atoms with Crippen LogP contribution in [-0.2, 0) is 4.74 Å². The molecule has 3 rings (SSSR count). The molecule has 20 heavy (non-hydrogen) atoms. The van der Waals surface area contributed by atoms with E-state index in [1.165, 1.54) is 44.5 Å². The summed E-state index contributed by atoms with van der Waals surface area (Å²) in [4.78, 5) is 5.04. The highest BCUT2D eigenvalue weighted by Crippen LogP contribution is 2.23. The molecule has 2 aliphatic heterocycles. The Kier molecular flexibility index (Phi) is 4.58. The molecule has 2 aliphatic rings. The minimum absolute atomic E-state index is 0.499. The minimum atomic E-state index is 0.499. The molecular weight excluding hydrogens is 248 g/mol. The zero-order valence-electron chi connectivity index (χ0n) is 12.5. The molecule has 0 N–H and O–H groups in total. The van der Waals surface area contributed by atoms with Crippen LogP contribution in [-0.4, -0.2) is 50.3 Å². The quantitative estimate of drug-likeness (QED) is 0.839. The predicted molar refractivity (Wildman–Crippen MR) is 83.3 cm³/mol. The van der Waals surface area contributed by atoms with Crippen molar-refractivity contribution in [1.82, 2.24) is 4.90 Å². The summed E-state index contributed by atoms with van der Waals surface area (Å²) in [5.41, 5.74) is 1.34. The second kappa shape index (κ2) is 6.59. The molecule has 110 valence electrons. The first-order valence-electron chi connectivity index (χ1n) is 7.95. The maximum Gasteiger partial charge on any atom is 0.0702 e. The van der Waals surface area contributed by atoms with Gasteiger partial charge in [0.15, 0.2) is 0 Å². The van der Waals surface area contributed by atoms with Gasteiger partial charge in [-0.15, -0.1) is 0 Å². The lowest BCUT2D eigenvalue weighted by atomic mass is 10.0. The number of rotatable bonds is 4. The first kappa shape index (κ1) is 13.9. The Balaban J connectivity index is 1.48. The van der Waals surface area contributed by atoms with Crippen molar-refractivity contribution in [3.8, 4) is 0 Å². The van der Waals surface area contributed by atoms with E-state index in [4.69, 9.17) is 4.74 Å². The summed E-state index contributed by atoms with van der Waals surface area (Å²) in [6.45, 7) is 4.53. The molecule has 2 saturated heterocycles. The number of ether oxygens (including phenoxy) is 1. The zero-order valence-corrected chi connectivity index (χ0v) is 12.5. The number of piperidine rings is 1. The van der Waals surface area contributed by atoms with Gasteiger partial charge in [-0.3, -0.25) is 0 Å². The molecule has 1 aromatic rings. The fraction of sp³-hybridized carbons (Fsp3) is 0.647. The number of para-hydroxylation sites is 1. The van der Waals surface area contributed by atoms with Gasteiger partial charge in [0, 0.05) is 45.0 Å². The molecule has 3 heteroatoms. The van der Waals surface area contributed by atoms with E-state index in [9.17, 15) is 0 Å². The van der Waals surface area contributed by atoms with Crippen LogP contribution in [0, 0.1) is 0 Å². The Morgan fingerprint density at radius 3 is 2.55 bits per heavy atom. The molecule has 2 fully saturated rings. The standard InChI is InChI=1S/C17H26N2O/c1-18(15-6-3-2-4-7-15)16-9-11-19(12-10-16)14-17-8-5-13-20-17/h2-4,6-7,16-17H,5,8-14H2,1H3/t17-/m1/s1. The van der Waals surface area contributed by atoms with Crippen molar-refractivity contribution >= 4 is 5.69 Å². The lowest BCUT2D eigenvalue weighted by Gasteiger charge is -2.38. The largest absolute Gasteiger partial charge is 0.377 e. The third-order valence-electron chi connectivity index (χ3n) is 4.75. The van der Waals surface area contributed by atoms with Crippen LogP contribution in [0.4, 0.5) is 5.69 Å². The van der Waals surface area contributed by atoms with Crippen LogP contribution in [0.2, 0.25) is 0 Å². The van der Waals surface area contributed by atoms with Crippen molar-refractivity contribution < 1.29 is 4.74 Å². The molecule has 0 bridgehead atoms. The van der Waals surface area contributed by atoms with Gasteiger partial charge >= 0.3 is 0 Å². The summed E-state index contributed by atoms with van der Waals surface area (Å²) in [6, 6.07) is 11.4. The predicted octanol–water partition coefficient (Wildman–Crippen LogP) is 2.77. The van der Waals surface area contributed by atoms with Crippen molar-refractivity contribution in [1.29, 1.82) is 0 Å². The van der Waals surface area contributed by atoms with E-state index in [0.29, 0.717) is 12.1 Å². The Hall–Kier alpha value is -1.06. The number of nitrogens with zero attached hydrogens (tertiary/aromatic N) is 2. The van der Waals surface area contributed by atoms with Gasteiger partial charge in [-0.2, -0.15) is 0 Å². The fourth-order valence-corrected chi connectivity index (χ4v) is 3.44. The first-order chi connectivity index (χ1) is 9.83. The number of anilines is 1. The van der Waals surface area contributed by atoms with E-state index < -0.39 is 0 Å². The van der Waals surface area contributed by atoms with Crippen LogP contribution in [0.5, 0.6) is 0 Å². The van der Waals surface area contributed by atoms with Crippen molar-refractivity contribution in [2.45, 2.75) is 37.8 Å². The number of hydrogen-bond acceptors (Lipinski definition) is 3. The minimum Gasteiger partial charge on any atom is -0.377 e. The molecule has 0 saturated carbocycles. The van der Waals surface area contributed by atoms with Gasteiger partial charge in [-0.25, -0.2) is 0 Å². The van der Waals surface area contributed by atoms with Crippen LogP contribution in [0.25, 0.3) is 0 Å². The lowest BCUT2D eigenvalue weighted by Crippen LogP contribution is -2.45. The third-order valence-corrected chi connectivity index (χ3v) is 4.75. The van der Waals surface area contributed by atoms with Gasteiger partial charge in [0.25, 0.3) is 0 Å². The Bertz CT molecular complexity index is 395. The van der Waals surface area contributed by atoms with Crippen molar-refractivity contribution in [3.63, 3.8) is 0 Å². The molecule has 1 aromatic carbocycles. The maximum absolute atomic E-state index is 5.75. The van der Waals surface area contributed by atoms with Crippen LogP contribution in [0.3, 0.4) is 0 Å². The smallest absolute Gasteiger partial charge is 0.0702 e. The van der Waals surface area contributed by atoms with Crippen LogP contribution in [0.1, 0.15) is 25.7 Å². The lowest BCUT2D eigenvalue weighted by molar-refractivity contribution is 0.0644. The van der Waals surface area contributed by atoms with E-state index in [2.05, 4.69) is 47.2 Å². The highest BCUT2D eigenvalue weighted by atomic mass is 16.5. The average Bonchev–Trinajstić information content (AvgIpc) is 3.01. The Labute approximate surface area is 122 Å². The van der Waals surface area contributed by atoms with Crippen molar-refractivity contribution in [3.05, 3.63) is 30.3 Å². The Morgan fingerprint density at radius 1 is 1.15 bits per heavy atom. The van der Waals surface area contributed by atoms with E-state index in [0.717, 1.165) is 13.2 Å². The molecule has 3 nitrogen and oxygen atoms in total. The SMILES string of the molecule is CN(c1ccccc1)C1CCN(C[C@H]2CCCO2)CC1. The van der Waals surface area contributed by atoms with Crippen molar-refractivity contribution in [2.24, 2.45) is 0 Å². The number of hydrogen-bond donors (Lipinski definition) is 0. The molecule has 0 aromatic heterocycles. The van der Waals surface area contributed by atoms with Crippen molar-refractivity contribution in [2.75, 3.05) is 38.2 Å². The monoisotopic (exact) mass is 274 g/mol. The van der Waals surface area contributed by atoms with Gasteiger partial charge in [-0.1, -0.05) is 18.2 Å². The summed E-state index contributed by atoms with van der Waals surface area (Å²) >= 11 is 0. The maximum atomic E-state index is 5.75. The topological polar surface area (TPSA) is 15.7 Å². The molecule has 0 amide bonds. The van der Waals surface area contributed by atoms with E-state index in [1.54, 1.807) is 0 Å². The summed E-state index contributed by atoms with van der Waals surface area (Å²) in [5, 5.41) is 0. The highest BCUT2D eigenvalue weighted by Gasteiger charge is 2.25. The van der Waals surface area contributed by atoms with Crippen LogP contribution in [0.15, 0.2) is 30.3 Å². The van der Waals surface area contributed by atoms with E-state index in [1.807, 2.05) is 0 Å². The first-order valence-corrected chi connectivity index (χ1v) is 7.95. The number of benzene rings is 1. The van der Waals surface area contributed by atoms with E-state index in [-0.39, 0.29) is 0 Å². The van der Waals surface area contributed by atoms with Gasteiger partial charge in [-0.05, 0) is 37.8 Å². The van der Waals surface area contributed by atoms with Gasteiger partial charge in [0.2, 0.25) is 0 Å². The molecule has 0 radical (unpaired) electrons. The molecule has 0 unspecified atom stereocenters. The van der Waals surface area contributed by atoms with Gasteiger partial charge in [0.1, 0.15) is 0 Å². The summed E-state index contributed by atoms with van der Waals surface area (Å²) in [5.74, 6) is 0. The third kappa shape index (κ3) is 3.33. The van der Waals surface area contributed by atoms with Crippen LogP contribution < -0.4 is 4.90 Å². The molecular formula is C17H26N2O. The van der Waals surface area contributed by atoms with Crippen LogP contribution >= 0.6 is 0 Å². The molecule has 2 heterocycles. The summed E-state index contributed by atoms with van der Waals surface area (Å²) in [6.07, 6.45) is 5.52. The molecule has 1 atom stereocenters. The highest BCUT2D eigenvalue weighted by molar-refractivity contribution is 5.46. The summed E-state index contributed by atoms with van der Waals surface area (Å²) < 4.78 is 5.75. The fourth-order valence-electron chi connectivity index (χ4n) is 3.44. The Morgan fingerprint density at radius 2 is 1.90 bits per heavy atom. The second-order valence-corrected chi connectivity index (χ2v) is 6.11. The normalized spacial score (nSPS) is 24.9. The van der Waals surface area contributed by atoms with Gasteiger partial charge in [0.05, 0.1) is 6.10 Å². The zero-order chi connectivity index (χ0) is 13.8. The summed E-state index contributed by atoms with van der Waals surface area (Å²) in [7, 11) is 2.23.